The van der Waals surface area contributed by atoms with Crippen LogP contribution in [0.4, 0.5) is 4.39 Å². The number of hydrogen-bond donors (Lipinski definition) is 1. The summed E-state index contributed by atoms with van der Waals surface area (Å²) in [5.41, 5.74) is 0.502. The smallest absolute Gasteiger partial charge is 0.335 e. The molecule has 0 unspecified atom stereocenters. The van der Waals surface area contributed by atoms with E-state index in [2.05, 4.69) is 10.1 Å². The van der Waals surface area contributed by atoms with E-state index in [-0.39, 0.29) is 28.7 Å². The van der Waals surface area contributed by atoms with Crippen molar-refractivity contribution in [3.8, 4) is 11.4 Å². The number of sulfonamides is 1. The number of carbonyl (C=O) groups is 1. The number of benzene rings is 2. The van der Waals surface area contributed by atoms with Crippen molar-refractivity contribution >= 4 is 16.0 Å². The molecule has 1 atom stereocenters. The summed E-state index contributed by atoms with van der Waals surface area (Å²) < 4.78 is 45.8. The number of rotatable bonds is 5. The number of piperidine rings is 1. The minimum atomic E-state index is -3.87. The Kier molecular flexibility index (Phi) is 5.35. The van der Waals surface area contributed by atoms with Crippen molar-refractivity contribution in [3.05, 3.63) is 65.8 Å². The molecule has 1 fully saturated rings. The van der Waals surface area contributed by atoms with Crippen LogP contribution >= 0.6 is 0 Å². The Hall–Kier alpha value is -3.11. The van der Waals surface area contributed by atoms with Crippen LogP contribution in [-0.2, 0) is 10.0 Å². The summed E-state index contributed by atoms with van der Waals surface area (Å²) in [6.07, 6.45) is 1.27. The number of halogens is 1. The molecule has 1 aromatic heterocycles. The fourth-order valence-electron chi connectivity index (χ4n) is 3.42. The lowest BCUT2D eigenvalue weighted by Gasteiger charge is -2.30. The first-order valence-corrected chi connectivity index (χ1v) is 10.7. The summed E-state index contributed by atoms with van der Waals surface area (Å²) >= 11 is 0. The fourth-order valence-corrected chi connectivity index (χ4v) is 4.99. The Morgan fingerprint density at radius 3 is 2.70 bits per heavy atom. The van der Waals surface area contributed by atoms with Crippen molar-refractivity contribution in [1.29, 1.82) is 0 Å². The zero-order chi connectivity index (χ0) is 21.3. The molecule has 1 aliphatic heterocycles. The van der Waals surface area contributed by atoms with Gasteiger partial charge in [-0.05, 0) is 55.3 Å². The molecule has 0 bridgehead atoms. The van der Waals surface area contributed by atoms with E-state index in [1.165, 1.54) is 46.8 Å². The maximum Gasteiger partial charge on any atom is 0.335 e. The Morgan fingerprint density at radius 2 is 1.97 bits per heavy atom. The van der Waals surface area contributed by atoms with E-state index < -0.39 is 16.0 Å². The van der Waals surface area contributed by atoms with Gasteiger partial charge >= 0.3 is 5.97 Å². The molecule has 0 spiro atoms. The monoisotopic (exact) mass is 431 g/mol. The second kappa shape index (κ2) is 7.96. The molecule has 0 amide bonds. The van der Waals surface area contributed by atoms with Gasteiger partial charge in [0.05, 0.1) is 16.4 Å². The molecule has 1 saturated heterocycles. The molecule has 1 aliphatic rings. The summed E-state index contributed by atoms with van der Waals surface area (Å²) in [7, 11) is -3.87. The number of carboxylic acid groups (broad SMARTS) is 1. The summed E-state index contributed by atoms with van der Waals surface area (Å²) in [5.74, 6) is -1.24. The molecule has 0 saturated carbocycles. The van der Waals surface area contributed by atoms with Gasteiger partial charge in [-0.1, -0.05) is 11.2 Å². The number of aromatic nitrogens is 2. The predicted molar refractivity (Wildman–Crippen MR) is 104 cm³/mol. The van der Waals surface area contributed by atoms with Crippen molar-refractivity contribution in [1.82, 2.24) is 14.4 Å². The van der Waals surface area contributed by atoms with Crippen molar-refractivity contribution < 1.29 is 27.2 Å². The third-order valence-corrected chi connectivity index (χ3v) is 6.86. The topological polar surface area (TPSA) is 114 Å². The summed E-state index contributed by atoms with van der Waals surface area (Å²) in [5, 5.41) is 13.1. The third-order valence-electron chi connectivity index (χ3n) is 5.00. The highest BCUT2D eigenvalue weighted by atomic mass is 32.2. The van der Waals surface area contributed by atoms with Crippen LogP contribution < -0.4 is 0 Å². The lowest BCUT2D eigenvalue weighted by atomic mass is 10.00. The van der Waals surface area contributed by atoms with Gasteiger partial charge in [0, 0.05) is 18.7 Å². The number of nitrogens with zero attached hydrogens (tertiary/aromatic N) is 3. The lowest BCUT2D eigenvalue weighted by molar-refractivity contribution is 0.0696. The highest BCUT2D eigenvalue weighted by Crippen LogP contribution is 2.31. The number of aromatic carboxylic acids is 1. The van der Waals surface area contributed by atoms with Crippen molar-refractivity contribution in [2.24, 2.45) is 0 Å². The van der Waals surface area contributed by atoms with Gasteiger partial charge in [-0.2, -0.15) is 9.29 Å². The number of carboxylic acids is 1. The summed E-state index contributed by atoms with van der Waals surface area (Å²) in [6.45, 7) is 0.458. The third kappa shape index (κ3) is 3.96. The van der Waals surface area contributed by atoms with Gasteiger partial charge in [-0.3, -0.25) is 0 Å². The molecule has 8 nitrogen and oxygen atoms in total. The molecule has 0 aliphatic carbocycles. The second-order valence-electron chi connectivity index (χ2n) is 7.00. The highest BCUT2D eigenvalue weighted by molar-refractivity contribution is 7.89. The summed E-state index contributed by atoms with van der Waals surface area (Å²) in [6, 6.07) is 11.0. The zero-order valence-electron chi connectivity index (χ0n) is 15.7. The van der Waals surface area contributed by atoms with Gasteiger partial charge in [0.25, 0.3) is 0 Å². The van der Waals surface area contributed by atoms with Gasteiger partial charge in [0.2, 0.25) is 21.7 Å². The summed E-state index contributed by atoms with van der Waals surface area (Å²) in [4.78, 5) is 15.5. The molecule has 156 valence electrons. The average Bonchev–Trinajstić information content (AvgIpc) is 3.25. The molecule has 2 aromatic carbocycles. The molecular weight excluding hydrogens is 413 g/mol. The minimum absolute atomic E-state index is 0.0689. The SMILES string of the molecule is O=C(O)c1cccc(S(=O)(=O)N2CCC[C@@H](c3nc(-c4ccc(F)cc4)no3)C2)c1. The van der Waals surface area contributed by atoms with Crippen LogP contribution in [0.2, 0.25) is 0 Å². The first-order valence-electron chi connectivity index (χ1n) is 9.27. The normalized spacial score (nSPS) is 17.7. The van der Waals surface area contributed by atoms with E-state index in [1.807, 2.05) is 0 Å². The first-order chi connectivity index (χ1) is 14.3. The van der Waals surface area contributed by atoms with E-state index in [4.69, 9.17) is 9.63 Å². The van der Waals surface area contributed by atoms with Crippen LogP contribution in [0.15, 0.2) is 57.9 Å². The molecule has 3 aromatic rings. The Bertz CT molecular complexity index is 1180. The Labute approximate surface area is 172 Å². The van der Waals surface area contributed by atoms with Crippen molar-refractivity contribution in [2.45, 2.75) is 23.7 Å². The van der Waals surface area contributed by atoms with E-state index in [0.717, 1.165) is 6.07 Å². The Balaban J connectivity index is 1.55. The zero-order valence-corrected chi connectivity index (χ0v) is 16.5. The van der Waals surface area contributed by atoms with Crippen LogP contribution in [0, 0.1) is 5.82 Å². The van der Waals surface area contributed by atoms with E-state index in [1.54, 1.807) is 0 Å². The van der Waals surface area contributed by atoms with Gasteiger partial charge in [-0.15, -0.1) is 0 Å². The molecule has 4 rings (SSSR count). The predicted octanol–water partition coefficient (Wildman–Crippen LogP) is 3.14. The van der Waals surface area contributed by atoms with Crippen LogP contribution in [0.25, 0.3) is 11.4 Å². The van der Waals surface area contributed by atoms with Crippen LogP contribution in [-0.4, -0.2) is 47.0 Å². The van der Waals surface area contributed by atoms with E-state index in [0.29, 0.717) is 36.7 Å². The number of hydrogen-bond acceptors (Lipinski definition) is 6. The largest absolute Gasteiger partial charge is 0.478 e. The quantitative estimate of drug-likeness (QED) is 0.660. The molecule has 1 N–H and O–H groups in total. The first kappa shape index (κ1) is 20.2. The molecular formula is C20H18FN3O5S. The van der Waals surface area contributed by atoms with Gasteiger partial charge in [-0.25, -0.2) is 17.6 Å². The highest BCUT2D eigenvalue weighted by Gasteiger charge is 2.33. The van der Waals surface area contributed by atoms with Gasteiger partial charge in [0.1, 0.15) is 5.82 Å². The van der Waals surface area contributed by atoms with Crippen LogP contribution in [0.3, 0.4) is 0 Å². The fraction of sp³-hybridized carbons (Fsp3) is 0.250. The van der Waals surface area contributed by atoms with E-state index >= 15 is 0 Å². The van der Waals surface area contributed by atoms with Gasteiger partial charge in [0.15, 0.2) is 0 Å². The van der Waals surface area contributed by atoms with Gasteiger partial charge < -0.3 is 9.63 Å². The lowest BCUT2D eigenvalue weighted by Crippen LogP contribution is -2.39. The van der Waals surface area contributed by atoms with E-state index in [9.17, 15) is 17.6 Å². The van der Waals surface area contributed by atoms with Crippen LogP contribution in [0.1, 0.15) is 35.0 Å². The van der Waals surface area contributed by atoms with Crippen molar-refractivity contribution in [3.63, 3.8) is 0 Å². The average molecular weight is 431 g/mol. The molecule has 10 heteroatoms. The molecule has 2 heterocycles. The maximum absolute atomic E-state index is 13.1. The minimum Gasteiger partial charge on any atom is -0.478 e. The second-order valence-corrected chi connectivity index (χ2v) is 8.94. The Morgan fingerprint density at radius 1 is 1.20 bits per heavy atom. The molecule has 30 heavy (non-hydrogen) atoms. The standard InChI is InChI=1S/C20H18FN3O5S/c21-16-8-6-13(7-9-16)18-22-19(29-23-18)15-4-2-10-24(12-15)30(27,28)17-5-1-3-14(11-17)20(25)26/h1,3,5-9,11,15H,2,4,10,12H2,(H,25,26)/t15-/m1/s1. The van der Waals surface area contributed by atoms with Crippen molar-refractivity contribution in [2.75, 3.05) is 13.1 Å². The maximum atomic E-state index is 13.1. The molecule has 0 radical (unpaired) electrons. The van der Waals surface area contributed by atoms with Crippen LogP contribution in [0.5, 0.6) is 0 Å².